The van der Waals surface area contributed by atoms with E-state index in [2.05, 4.69) is 37.2 Å². The Morgan fingerprint density at radius 1 is 0.923 bits per heavy atom. The molecule has 0 saturated heterocycles. The van der Waals surface area contributed by atoms with Crippen LogP contribution in [0.5, 0.6) is 0 Å². The zero-order valence-corrected chi connectivity index (χ0v) is 11.2. The van der Waals surface area contributed by atoms with Crippen LogP contribution in [0.15, 0.2) is 12.1 Å². The zero-order chi connectivity index (χ0) is 9.84. The van der Waals surface area contributed by atoms with Gasteiger partial charge in [-0.2, -0.15) is 0 Å². The second kappa shape index (κ2) is 5.32. The van der Waals surface area contributed by atoms with Crippen molar-refractivity contribution in [3.63, 3.8) is 0 Å². The smallest absolute Gasteiger partial charge is 0.135 e. The molecule has 74 valence electrons. The molecule has 0 atom stereocenters. The van der Waals surface area contributed by atoms with Gasteiger partial charge in [-0.15, -0.1) is 11.3 Å². The second-order valence-corrected chi connectivity index (χ2v) is 9.40. The fraction of sp³-hybridized carbons (Fsp3) is 0.600. The van der Waals surface area contributed by atoms with Crippen LogP contribution in [0.1, 0.15) is 9.75 Å². The van der Waals surface area contributed by atoms with E-state index in [4.69, 9.17) is 0 Å². The van der Waals surface area contributed by atoms with Gasteiger partial charge < -0.3 is 0 Å². The molecule has 0 fully saturated rings. The Kier molecular flexibility index (Phi) is 4.70. The largest absolute Gasteiger partial charge is 0.141 e. The van der Waals surface area contributed by atoms with Crippen LogP contribution in [-0.4, -0.2) is 25.0 Å². The molecule has 1 rings (SSSR count). The van der Waals surface area contributed by atoms with Gasteiger partial charge in [-0.3, -0.25) is 0 Å². The lowest BCUT2D eigenvalue weighted by atomic mass is 10.5. The van der Waals surface area contributed by atoms with E-state index in [0.717, 1.165) is 0 Å². The summed E-state index contributed by atoms with van der Waals surface area (Å²) < 4.78 is 0. The summed E-state index contributed by atoms with van der Waals surface area (Å²) in [7, 11) is 1.09. The van der Waals surface area contributed by atoms with Crippen LogP contribution in [0.4, 0.5) is 0 Å². The van der Waals surface area contributed by atoms with Gasteiger partial charge in [-0.1, -0.05) is 0 Å². The van der Waals surface area contributed by atoms with E-state index in [1.807, 2.05) is 11.3 Å². The molecular formula is C10H18S3+2. The average molecular weight is 234 g/mol. The van der Waals surface area contributed by atoms with E-state index in [1.54, 1.807) is 9.75 Å². The summed E-state index contributed by atoms with van der Waals surface area (Å²) in [4.78, 5) is 3.13. The standard InChI is InChI=1S/C10H18S3/c1-12(2)7-9-5-6-10(11-9)8-13(3)4/h5-6H,7-8H2,1-4H3/q+2. The average Bonchev–Trinajstić information content (AvgIpc) is 2.33. The van der Waals surface area contributed by atoms with Crippen molar-refractivity contribution in [3.8, 4) is 0 Å². The van der Waals surface area contributed by atoms with Crippen LogP contribution in [0.3, 0.4) is 0 Å². The Morgan fingerprint density at radius 3 is 1.62 bits per heavy atom. The first-order valence-electron chi connectivity index (χ1n) is 4.24. The summed E-state index contributed by atoms with van der Waals surface area (Å²) in [5.41, 5.74) is 0. The molecule has 0 N–H and O–H groups in total. The van der Waals surface area contributed by atoms with Gasteiger partial charge in [0.1, 0.15) is 11.5 Å². The Hall–Kier alpha value is 0.400. The molecule has 0 aliphatic carbocycles. The highest BCUT2D eigenvalue weighted by Crippen LogP contribution is 2.20. The monoisotopic (exact) mass is 234 g/mol. The minimum atomic E-state index is 0.547. The van der Waals surface area contributed by atoms with Crippen LogP contribution < -0.4 is 0 Å². The van der Waals surface area contributed by atoms with Gasteiger partial charge in [0.05, 0.1) is 34.8 Å². The molecular weight excluding hydrogens is 216 g/mol. The third kappa shape index (κ3) is 4.43. The van der Waals surface area contributed by atoms with Crippen LogP contribution in [0.25, 0.3) is 0 Å². The Bertz CT molecular complexity index is 226. The summed E-state index contributed by atoms with van der Waals surface area (Å²) in [5.74, 6) is 2.54. The van der Waals surface area contributed by atoms with Crippen LogP contribution in [-0.2, 0) is 33.3 Å². The normalized spacial score (nSPS) is 11.5. The van der Waals surface area contributed by atoms with E-state index in [-0.39, 0.29) is 0 Å². The molecule has 0 aromatic carbocycles. The lowest BCUT2D eigenvalue weighted by Gasteiger charge is -1.93. The van der Waals surface area contributed by atoms with E-state index >= 15 is 0 Å². The number of thiophene rings is 1. The van der Waals surface area contributed by atoms with Crippen LogP contribution in [0.2, 0.25) is 0 Å². The van der Waals surface area contributed by atoms with Crippen molar-refractivity contribution in [1.29, 1.82) is 0 Å². The molecule has 13 heavy (non-hydrogen) atoms. The maximum atomic E-state index is 2.31. The van der Waals surface area contributed by atoms with Gasteiger partial charge in [-0.25, -0.2) is 0 Å². The molecule has 1 aromatic rings. The molecule has 0 aliphatic heterocycles. The van der Waals surface area contributed by atoms with Gasteiger partial charge >= 0.3 is 0 Å². The van der Waals surface area contributed by atoms with Crippen LogP contribution >= 0.6 is 11.3 Å². The topological polar surface area (TPSA) is 0 Å². The molecule has 0 nitrogen and oxygen atoms in total. The quantitative estimate of drug-likeness (QED) is 0.702. The number of rotatable bonds is 4. The van der Waals surface area contributed by atoms with Gasteiger partial charge in [0.15, 0.2) is 0 Å². The highest BCUT2D eigenvalue weighted by molar-refractivity contribution is 7.95. The third-order valence-electron chi connectivity index (χ3n) is 1.58. The van der Waals surface area contributed by atoms with Crippen molar-refractivity contribution in [2.24, 2.45) is 0 Å². The summed E-state index contributed by atoms with van der Waals surface area (Å²) in [5, 5.41) is 0. The predicted octanol–water partition coefficient (Wildman–Crippen LogP) is 2.50. The first-order chi connectivity index (χ1) is 6.08. The second-order valence-electron chi connectivity index (χ2n) is 3.63. The SMILES string of the molecule is C[S+](C)Cc1ccc(C[S+](C)C)s1. The highest BCUT2D eigenvalue weighted by atomic mass is 32.2. The van der Waals surface area contributed by atoms with E-state index < -0.39 is 0 Å². The van der Waals surface area contributed by atoms with Crippen molar-refractivity contribution in [2.75, 3.05) is 25.0 Å². The zero-order valence-electron chi connectivity index (χ0n) is 8.79. The van der Waals surface area contributed by atoms with Crippen LogP contribution in [0, 0.1) is 0 Å². The Labute approximate surface area is 91.4 Å². The van der Waals surface area contributed by atoms with Crippen molar-refractivity contribution in [3.05, 3.63) is 21.9 Å². The highest BCUT2D eigenvalue weighted by Gasteiger charge is 2.11. The third-order valence-corrected chi connectivity index (χ3v) is 4.81. The molecule has 0 radical (unpaired) electrons. The Morgan fingerprint density at radius 2 is 1.31 bits per heavy atom. The van der Waals surface area contributed by atoms with Gasteiger partial charge in [-0.05, 0) is 33.9 Å². The lowest BCUT2D eigenvalue weighted by Crippen LogP contribution is -1.97. The fourth-order valence-corrected chi connectivity index (χ4v) is 4.97. The molecule has 0 spiro atoms. The first-order valence-corrected chi connectivity index (χ1v) is 9.47. The van der Waals surface area contributed by atoms with Gasteiger partial charge in [0, 0.05) is 0 Å². The van der Waals surface area contributed by atoms with Crippen molar-refractivity contribution in [2.45, 2.75) is 11.5 Å². The molecule has 0 aliphatic rings. The predicted molar refractivity (Wildman–Crippen MR) is 70.2 cm³/mol. The summed E-state index contributed by atoms with van der Waals surface area (Å²) in [6.45, 7) is 0. The maximum Gasteiger partial charge on any atom is 0.141 e. The van der Waals surface area contributed by atoms with Gasteiger partial charge in [0.2, 0.25) is 0 Å². The molecule has 0 amide bonds. The minimum absolute atomic E-state index is 0.547. The lowest BCUT2D eigenvalue weighted by molar-refractivity contribution is 1.51. The van der Waals surface area contributed by atoms with Crippen molar-refractivity contribution >= 4 is 33.1 Å². The minimum Gasteiger partial charge on any atom is -0.135 e. The summed E-state index contributed by atoms with van der Waals surface area (Å²) >= 11 is 2.00. The first kappa shape index (κ1) is 11.5. The number of hydrogen-bond donors (Lipinski definition) is 0. The summed E-state index contributed by atoms with van der Waals surface area (Å²) in [6.07, 6.45) is 9.24. The molecule has 0 bridgehead atoms. The number of hydrogen-bond acceptors (Lipinski definition) is 1. The maximum absolute atomic E-state index is 2.31. The van der Waals surface area contributed by atoms with E-state index in [9.17, 15) is 0 Å². The fourth-order valence-electron chi connectivity index (χ4n) is 1.15. The molecule has 1 heterocycles. The molecule has 3 heteroatoms. The summed E-state index contributed by atoms with van der Waals surface area (Å²) in [6, 6.07) is 4.61. The van der Waals surface area contributed by atoms with Gasteiger partial charge in [0.25, 0.3) is 0 Å². The van der Waals surface area contributed by atoms with E-state index in [1.165, 1.54) is 11.5 Å². The van der Waals surface area contributed by atoms with Crippen molar-refractivity contribution in [1.82, 2.24) is 0 Å². The molecule has 0 saturated carbocycles. The van der Waals surface area contributed by atoms with Crippen molar-refractivity contribution < 1.29 is 0 Å². The Balaban J connectivity index is 2.53. The molecule has 0 unspecified atom stereocenters. The molecule has 1 aromatic heterocycles. The van der Waals surface area contributed by atoms with E-state index in [0.29, 0.717) is 21.8 Å².